The molecular formula is C15H17NO3. The Kier molecular flexibility index (Phi) is 3.17. The van der Waals surface area contributed by atoms with Crippen LogP contribution in [0.15, 0.2) is 30.3 Å². The topological polar surface area (TPSA) is 32.6 Å². The predicted molar refractivity (Wildman–Crippen MR) is 72.6 cm³/mol. The van der Waals surface area contributed by atoms with Gasteiger partial charge in [0.25, 0.3) is 0 Å². The van der Waals surface area contributed by atoms with Crippen molar-refractivity contribution in [2.45, 2.75) is 13.5 Å². The second-order valence-electron chi connectivity index (χ2n) is 4.57. The van der Waals surface area contributed by atoms with Crippen LogP contribution in [0.2, 0.25) is 0 Å². The number of aromatic nitrogens is 1. The first-order valence-electron chi connectivity index (χ1n) is 6.34. The average Bonchev–Trinajstić information content (AvgIpc) is 3.02. The molecule has 2 aromatic rings. The van der Waals surface area contributed by atoms with E-state index in [0.29, 0.717) is 13.4 Å². The molecule has 0 saturated heterocycles. The van der Waals surface area contributed by atoms with E-state index in [1.54, 1.807) is 7.11 Å². The predicted octanol–water partition coefficient (Wildman–Crippen LogP) is 2.84. The van der Waals surface area contributed by atoms with Gasteiger partial charge in [0, 0.05) is 30.6 Å². The normalized spacial score (nSPS) is 12.9. The maximum atomic E-state index is 5.43. The zero-order valence-electron chi connectivity index (χ0n) is 11.2. The third kappa shape index (κ3) is 2.19. The number of hydrogen-bond donors (Lipinski definition) is 0. The molecule has 1 aromatic carbocycles. The van der Waals surface area contributed by atoms with Crippen molar-refractivity contribution in [3.05, 3.63) is 36.0 Å². The monoisotopic (exact) mass is 259 g/mol. The fourth-order valence-corrected chi connectivity index (χ4v) is 2.36. The van der Waals surface area contributed by atoms with Crippen molar-refractivity contribution >= 4 is 0 Å². The Labute approximate surface area is 112 Å². The molecule has 3 rings (SSSR count). The summed E-state index contributed by atoms with van der Waals surface area (Å²) in [7, 11) is 1.72. The van der Waals surface area contributed by atoms with E-state index in [1.807, 2.05) is 12.1 Å². The highest BCUT2D eigenvalue weighted by atomic mass is 16.7. The summed E-state index contributed by atoms with van der Waals surface area (Å²) in [5.41, 5.74) is 3.53. The average molecular weight is 259 g/mol. The Morgan fingerprint density at radius 1 is 1.16 bits per heavy atom. The van der Waals surface area contributed by atoms with Crippen LogP contribution < -0.4 is 9.47 Å². The van der Waals surface area contributed by atoms with E-state index >= 15 is 0 Å². The van der Waals surface area contributed by atoms with Crippen molar-refractivity contribution in [3.63, 3.8) is 0 Å². The standard InChI is InChI=1S/C15H17NO3/c1-11-3-5-13(16(11)7-8-17-2)12-4-6-14-15(9-12)19-10-18-14/h3-6,9H,7-8,10H2,1-2H3. The van der Waals surface area contributed by atoms with Gasteiger partial charge in [-0.1, -0.05) is 0 Å². The Balaban J connectivity index is 1.97. The molecule has 19 heavy (non-hydrogen) atoms. The molecule has 0 bridgehead atoms. The number of rotatable bonds is 4. The van der Waals surface area contributed by atoms with Crippen molar-refractivity contribution in [2.75, 3.05) is 20.5 Å². The van der Waals surface area contributed by atoms with E-state index in [1.165, 1.54) is 11.4 Å². The summed E-state index contributed by atoms with van der Waals surface area (Å²) >= 11 is 0. The third-order valence-corrected chi connectivity index (χ3v) is 3.39. The van der Waals surface area contributed by atoms with E-state index < -0.39 is 0 Å². The van der Waals surface area contributed by atoms with E-state index in [4.69, 9.17) is 14.2 Å². The lowest BCUT2D eigenvalue weighted by Gasteiger charge is -2.11. The molecule has 0 unspecified atom stereocenters. The fraction of sp³-hybridized carbons (Fsp3) is 0.333. The van der Waals surface area contributed by atoms with Crippen LogP contribution in [0, 0.1) is 6.92 Å². The van der Waals surface area contributed by atoms with Crippen LogP contribution in [0.3, 0.4) is 0 Å². The lowest BCUT2D eigenvalue weighted by atomic mass is 10.1. The third-order valence-electron chi connectivity index (χ3n) is 3.39. The highest BCUT2D eigenvalue weighted by Gasteiger charge is 2.15. The van der Waals surface area contributed by atoms with Gasteiger partial charge in [0.05, 0.1) is 6.61 Å². The molecule has 0 saturated carbocycles. The lowest BCUT2D eigenvalue weighted by molar-refractivity contribution is 0.174. The number of benzene rings is 1. The molecule has 0 spiro atoms. The minimum Gasteiger partial charge on any atom is -0.454 e. The molecule has 100 valence electrons. The first-order valence-corrected chi connectivity index (χ1v) is 6.34. The second-order valence-corrected chi connectivity index (χ2v) is 4.57. The summed E-state index contributed by atoms with van der Waals surface area (Å²) in [5, 5.41) is 0. The highest BCUT2D eigenvalue weighted by Crippen LogP contribution is 2.36. The number of hydrogen-bond acceptors (Lipinski definition) is 3. The van der Waals surface area contributed by atoms with Gasteiger partial charge in [-0.05, 0) is 37.3 Å². The van der Waals surface area contributed by atoms with Gasteiger partial charge in [-0.25, -0.2) is 0 Å². The number of aryl methyl sites for hydroxylation is 1. The van der Waals surface area contributed by atoms with Gasteiger partial charge in [-0.2, -0.15) is 0 Å². The van der Waals surface area contributed by atoms with Gasteiger partial charge < -0.3 is 18.8 Å². The van der Waals surface area contributed by atoms with Gasteiger partial charge >= 0.3 is 0 Å². The number of fused-ring (bicyclic) bond motifs is 1. The maximum Gasteiger partial charge on any atom is 0.231 e. The quantitative estimate of drug-likeness (QED) is 0.846. The van der Waals surface area contributed by atoms with Crippen LogP contribution in [-0.4, -0.2) is 25.1 Å². The minimum atomic E-state index is 0.308. The molecule has 0 amide bonds. The first kappa shape index (κ1) is 12.1. The van der Waals surface area contributed by atoms with Crippen LogP contribution >= 0.6 is 0 Å². The van der Waals surface area contributed by atoms with E-state index in [2.05, 4.69) is 29.7 Å². The Hall–Kier alpha value is -1.94. The first-order chi connectivity index (χ1) is 9.29. The molecule has 1 aromatic heterocycles. The van der Waals surface area contributed by atoms with Gasteiger partial charge in [0.1, 0.15) is 0 Å². The number of nitrogens with zero attached hydrogens (tertiary/aromatic N) is 1. The lowest BCUT2D eigenvalue weighted by Crippen LogP contribution is -2.07. The highest BCUT2D eigenvalue weighted by molar-refractivity contribution is 5.65. The van der Waals surface area contributed by atoms with E-state index in [0.717, 1.165) is 23.6 Å². The second kappa shape index (κ2) is 4.97. The smallest absolute Gasteiger partial charge is 0.231 e. The molecule has 1 aliphatic heterocycles. The summed E-state index contributed by atoms with van der Waals surface area (Å²) in [4.78, 5) is 0. The SMILES string of the molecule is COCCn1c(C)ccc1-c1ccc2c(c1)OCO2. The summed E-state index contributed by atoms with van der Waals surface area (Å²) in [6.07, 6.45) is 0. The molecule has 0 fully saturated rings. The van der Waals surface area contributed by atoms with Crippen molar-refractivity contribution < 1.29 is 14.2 Å². The van der Waals surface area contributed by atoms with E-state index in [-0.39, 0.29) is 0 Å². The summed E-state index contributed by atoms with van der Waals surface area (Å²) < 4.78 is 18.2. The zero-order chi connectivity index (χ0) is 13.2. The van der Waals surface area contributed by atoms with Crippen molar-refractivity contribution in [1.29, 1.82) is 0 Å². The molecule has 4 heteroatoms. The molecule has 0 aliphatic carbocycles. The molecule has 0 atom stereocenters. The molecule has 4 nitrogen and oxygen atoms in total. The van der Waals surface area contributed by atoms with Crippen LogP contribution in [-0.2, 0) is 11.3 Å². The molecule has 0 N–H and O–H groups in total. The summed E-state index contributed by atoms with van der Waals surface area (Å²) in [5.74, 6) is 1.63. The van der Waals surface area contributed by atoms with Gasteiger partial charge in [-0.15, -0.1) is 0 Å². The Morgan fingerprint density at radius 3 is 2.84 bits per heavy atom. The van der Waals surface area contributed by atoms with Gasteiger partial charge in [-0.3, -0.25) is 0 Å². The maximum absolute atomic E-state index is 5.43. The largest absolute Gasteiger partial charge is 0.454 e. The van der Waals surface area contributed by atoms with Crippen LogP contribution in [0.25, 0.3) is 11.3 Å². The molecule has 0 radical (unpaired) electrons. The fourth-order valence-electron chi connectivity index (χ4n) is 2.36. The zero-order valence-corrected chi connectivity index (χ0v) is 11.2. The summed E-state index contributed by atoms with van der Waals surface area (Å²) in [6.45, 7) is 3.96. The summed E-state index contributed by atoms with van der Waals surface area (Å²) in [6, 6.07) is 10.3. The Morgan fingerprint density at radius 2 is 2.00 bits per heavy atom. The van der Waals surface area contributed by atoms with Crippen LogP contribution in [0.5, 0.6) is 11.5 Å². The van der Waals surface area contributed by atoms with Gasteiger partial charge in [0.2, 0.25) is 6.79 Å². The minimum absolute atomic E-state index is 0.308. The number of ether oxygens (including phenoxy) is 3. The Bertz CT molecular complexity index is 589. The molecule has 1 aliphatic rings. The van der Waals surface area contributed by atoms with Crippen LogP contribution in [0.4, 0.5) is 0 Å². The van der Waals surface area contributed by atoms with Crippen LogP contribution in [0.1, 0.15) is 5.69 Å². The van der Waals surface area contributed by atoms with Crippen molar-refractivity contribution in [2.24, 2.45) is 0 Å². The van der Waals surface area contributed by atoms with E-state index in [9.17, 15) is 0 Å². The van der Waals surface area contributed by atoms with Crippen molar-refractivity contribution in [1.82, 2.24) is 4.57 Å². The molecular weight excluding hydrogens is 242 g/mol. The molecule has 2 heterocycles. The van der Waals surface area contributed by atoms with Crippen molar-refractivity contribution in [3.8, 4) is 22.8 Å². The number of methoxy groups -OCH3 is 1. The van der Waals surface area contributed by atoms with Gasteiger partial charge in [0.15, 0.2) is 11.5 Å².